The maximum atomic E-state index is 12.6. The van der Waals surface area contributed by atoms with Gasteiger partial charge < -0.3 is 5.32 Å². The molecule has 0 spiro atoms. The molecule has 0 aromatic carbocycles. The van der Waals surface area contributed by atoms with E-state index in [1.807, 2.05) is 42.1 Å². The zero-order chi connectivity index (χ0) is 16.4. The Morgan fingerprint density at radius 2 is 2.35 bits per heavy atom. The lowest BCUT2D eigenvalue weighted by atomic mass is 10.1. The summed E-state index contributed by atoms with van der Waals surface area (Å²) in [4.78, 5) is 27.7. The predicted molar refractivity (Wildman–Crippen MR) is 89.3 cm³/mol. The van der Waals surface area contributed by atoms with Crippen molar-refractivity contribution in [2.45, 2.75) is 45.8 Å². The van der Waals surface area contributed by atoms with Crippen molar-refractivity contribution in [1.29, 1.82) is 0 Å². The van der Waals surface area contributed by atoms with Crippen molar-refractivity contribution in [2.75, 3.05) is 4.90 Å². The van der Waals surface area contributed by atoms with E-state index in [9.17, 15) is 9.59 Å². The van der Waals surface area contributed by atoms with Gasteiger partial charge in [-0.25, -0.2) is 4.68 Å². The molecule has 1 atom stereocenters. The first kappa shape index (κ1) is 15.7. The molecule has 7 heteroatoms. The van der Waals surface area contributed by atoms with Gasteiger partial charge in [0.2, 0.25) is 11.8 Å². The fourth-order valence-corrected chi connectivity index (χ4v) is 3.51. The summed E-state index contributed by atoms with van der Waals surface area (Å²) < 4.78 is 1.81. The third kappa shape index (κ3) is 3.14. The molecule has 3 rings (SSSR count). The van der Waals surface area contributed by atoms with Gasteiger partial charge in [0, 0.05) is 17.4 Å². The smallest absolute Gasteiger partial charge is 0.243 e. The minimum atomic E-state index is -0.502. The molecule has 2 aromatic rings. The molecule has 3 heterocycles. The number of fused-ring (bicyclic) bond motifs is 1. The maximum Gasteiger partial charge on any atom is 0.243 e. The van der Waals surface area contributed by atoms with Gasteiger partial charge in [-0.2, -0.15) is 5.10 Å². The van der Waals surface area contributed by atoms with Crippen LogP contribution in [0.3, 0.4) is 0 Å². The number of hydrogen-bond acceptors (Lipinski definition) is 4. The van der Waals surface area contributed by atoms with Gasteiger partial charge in [0.25, 0.3) is 0 Å². The molecule has 0 saturated carbocycles. The number of thiophene rings is 1. The Bertz CT molecular complexity index is 708. The van der Waals surface area contributed by atoms with Gasteiger partial charge >= 0.3 is 0 Å². The molecule has 1 N–H and O–H groups in total. The number of rotatable bonds is 5. The van der Waals surface area contributed by atoms with Crippen molar-refractivity contribution in [3.63, 3.8) is 0 Å². The Balaban J connectivity index is 1.79. The Kier molecular flexibility index (Phi) is 4.47. The highest BCUT2D eigenvalue weighted by atomic mass is 32.1. The van der Waals surface area contributed by atoms with Gasteiger partial charge in [-0.1, -0.05) is 13.0 Å². The average Bonchev–Trinajstić information content (AvgIpc) is 3.16. The summed E-state index contributed by atoms with van der Waals surface area (Å²) in [6.45, 7) is 4.88. The number of aromatic nitrogens is 2. The molecule has 6 nitrogen and oxygen atoms in total. The van der Waals surface area contributed by atoms with Crippen LogP contribution in [0, 0.1) is 6.92 Å². The SMILES string of the molecule is CCC(C(=O)NCc1cccs1)N1C(=O)CCn2nc(C)cc21. The molecular formula is C16H20N4O2S. The summed E-state index contributed by atoms with van der Waals surface area (Å²) in [5.41, 5.74) is 0.855. The molecule has 1 aliphatic rings. The van der Waals surface area contributed by atoms with Crippen LogP contribution >= 0.6 is 11.3 Å². The van der Waals surface area contributed by atoms with Crippen LogP contribution in [0.25, 0.3) is 0 Å². The largest absolute Gasteiger partial charge is 0.349 e. The van der Waals surface area contributed by atoms with Crippen LogP contribution in [0.1, 0.15) is 30.3 Å². The maximum absolute atomic E-state index is 12.6. The van der Waals surface area contributed by atoms with Gasteiger partial charge in [-0.05, 0) is 24.8 Å². The van der Waals surface area contributed by atoms with E-state index in [1.54, 1.807) is 16.2 Å². The molecule has 0 saturated heterocycles. The molecular weight excluding hydrogens is 312 g/mol. The fourth-order valence-electron chi connectivity index (χ4n) is 2.86. The average molecular weight is 332 g/mol. The molecule has 122 valence electrons. The lowest BCUT2D eigenvalue weighted by Crippen LogP contribution is -2.52. The van der Waals surface area contributed by atoms with E-state index >= 15 is 0 Å². The molecule has 0 radical (unpaired) electrons. The molecule has 2 amide bonds. The Morgan fingerprint density at radius 1 is 1.52 bits per heavy atom. The van der Waals surface area contributed by atoms with Crippen molar-refractivity contribution in [2.24, 2.45) is 0 Å². The Hall–Kier alpha value is -2.15. The van der Waals surface area contributed by atoms with Crippen molar-refractivity contribution < 1.29 is 9.59 Å². The van der Waals surface area contributed by atoms with E-state index in [-0.39, 0.29) is 11.8 Å². The molecule has 1 unspecified atom stereocenters. The summed E-state index contributed by atoms with van der Waals surface area (Å²) in [6.07, 6.45) is 0.940. The van der Waals surface area contributed by atoms with Gasteiger partial charge in [0.1, 0.15) is 11.9 Å². The zero-order valence-electron chi connectivity index (χ0n) is 13.3. The van der Waals surface area contributed by atoms with Crippen LogP contribution in [0.15, 0.2) is 23.6 Å². The summed E-state index contributed by atoms with van der Waals surface area (Å²) in [6, 6.07) is 5.30. The third-order valence-corrected chi connectivity index (χ3v) is 4.83. The standard InChI is InChI=1S/C16H20N4O2S/c1-3-13(16(22)17-10-12-5-4-8-23-12)20-14-9-11(2)18-19(14)7-6-15(20)21/h4-5,8-9,13H,3,6-7,10H2,1-2H3,(H,17,22). The molecule has 0 bridgehead atoms. The van der Waals surface area contributed by atoms with Crippen LogP contribution in [0.4, 0.5) is 5.82 Å². The lowest BCUT2D eigenvalue weighted by Gasteiger charge is -2.33. The van der Waals surface area contributed by atoms with Crippen LogP contribution in [-0.4, -0.2) is 27.6 Å². The summed E-state index contributed by atoms with van der Waals surface area (Å²) >= 11 is 1.60. The highest BCUT2D eigenvalue weighted by Crippen LogP contribution is 2.26. The second kappa shape index (κ2) is 6.54. The molecule has 2 aromatic heterocycles. The van der Waals surface area contributed by atoms with Crippen LogP contribution in [-0.2, 0) is 22.7 Å². The first-order valence-electron chi connectivity index (χ1n) is 7.76. The van der Waals surface area contributed by atoms with E-state index in [2.05, 4.69) is 10.4 Å². The van der Waals surface area contributed by atoms with Gasteiger partial charge in [0.05, 0.1) is 18.8 Å². The van der Waals surface area contributed by atoms with Crippen molar-refractivity contribution in [3.8, 4) is 0 Å². The van der Waals surface area contributed by atoms with E-state index < -0.39 is 6.04 Å². The van der Waals surface area contributed by atoms with Gasteiger partial charge in [-0.15, -0.1) is 11.3 Å². The minimum absolute atomic E-state index is 0.0180. The third-order valence-electron chi connectivity index (χ3n) is 3.95. The quantitative estimate of drug-likeness (QED) is 0.911. The zero-order valence-corrected chi connectivity index (χ0v) is 14.1. The number of aryl methyl sites for hydroxylation is 2. The van der Waals surface area contributed by atoms with Crippen molar-refractivity contribution in [3.05, 3.63) is 34.2 Å². The molecule has 0 fully saturated rings. The van der Waals surface area contributed by atoms with E-state index in [1.165, 1.54) is 0 Å². The number of nitrogens with zero attached hydrogens (tertiary/aromatic N) is 3. The Labute approximate surface area is 139 Å². The van der Waals surface area contributed by atoms with Crippen LogP contribution in [0.5, 0.6) is 0 Å². The van der Waals surface area contributed by atoms with Crippen LogP contribution in [0.2, 0.25) is 0 Å². The van der Waals surface area contributed by atoms with Crippen molar-refractivity contribution in [1.82, 2.24) is 15.1 Å². The Morgan fingerprint density at radius 3 is 3.04 bits per heavy atom. The van der Waals surface area contributed by atoms with E-state index in [0.29, 0.717) is 25.9 Å². The summed E-state index contributed by atoms with van der Waals surface area (Å²) in [7, 11) is 0. The summed E-state index contributed by atoms with van der Waals surface area (Å²) in [5.74, 6) is 0.578. The molecule has 23 heavy (non-hydrogen) atoms. The van der Waals surface area contributed by atoms with E-state index in [0.717, 1.165) is 16.4 Å². The number of carbonyl (C=O) groups excluding carboxylic acids is 2. The van der Waals surface area contributed by atoms with E-state index in [4.69, 9.17) is 0 Å². The first-order chi connectivity index (χ1) is 11.1. The lowest BCUT2D eigenvalue weighted by molar-refractivity contribution is -0.127. The molecule has 0 aliphatic carbocycles. The molecule has 1 aliphatic heterocycles. The highest BCUT2D eigenvalue weighted by molar-refractivity contribution is 7.09. The number of carbonyl (C=O) groups is 2. The number of amides is 2. The monoisotopic (exact) mass is 332 g/mol. The number of anilines is 1. The highest BCUT2D eigenvalue weighted by Gasteiger charge is 2.34. The number of nitrogens with one attached hydrogen (secondary N) is 1. The first-order valence-corrected chi connectivity index (χ1v) is 8.64. The second-order valence-electron chi connectivity index (χ2n) is 5.60. The fraction of sp³-hybridized carbons (Fsp3) is 0.438. The number of hydrogen-bond donors (Lipinski definition) is 1. The second-order valence-corrected chi connectivity index (χ2v) is 6.63. The van der Waals surface area contributed by atoms with Gasteiger partial charge in [-0.3, -0.25) is 14.5 Å². The van der Waals surface area contributed by atoms with Crippen molar-refractivity contribution >= 4 is 29.0 Å². The van der Waals surface area contributed by atoms with Gasteiger partial charge in [0.15, 0.2) is 0 Å². The normalized spacial score (nSPS) is 15.4. The summed E-state index contributed by atoms with van der Waals surface area (Å²) in [5, 5.41) is 9.31. The minimum Gasteiger partial charge on any atom is -0.349 e. The topological polar surface area (TPSA) is 67.2 Å². The van der Waals surface area contributed by atoms with Crippen LogP contribution < -0.4 is 10.2 Å². The predicted octanol–water partition coefficient (Wildman–Crippen LogP) is 2.08.